The second kappa shape index (κ2) is 10.2. The van der Waals surface area contributed by atoms with Crippen LogP contribution in [-0.4, -0.2) is 70.0 Å². The molecule has 1 unspecified atom stereocenters. The number of hydrogen-bond donors (Lipinski definition) is 1. The number of benzene rings is 3. The Bertz CT molecular complexity index is 1590. The van der Waals surface area contributed by atoms with Crippen molar-refractivity contribution in [2.75, 3.05) is 36.0 Å². The molecule has 0 radical (unpaired) electrons. The maximum Gasteiger partial charge on any atom is 0.251 e. The molecule has 3 aromatic rings. The second-order valence-electron chi connectivity index (χ2n) is 11.0. The van der Waals surface area contributed by atoms with E-state index in [0.717, 1.165) is 22.1 Å². The lowest BCUT2D eigenvalue weighted by Gasteiger charge is -2.35. The molecule has 208 valence electrons. The van der Waals surface area contributed by atoms with Crippen molar-refractivity contribution in [2.45, 2.75) is 22.5 Å². The SMILES string of the molecule is O=C1C2N(CCCO)C(=O)[C@@H]3[C@H]4C(=O)N(c5ccccc5)CC=C[C@H]4S[C@]23C=CCN1c1ccc2ccccc2c1. The minimum Gasteiger partial charge on any atom is -0.396 e. The molecular formula is C33H31N3O4S. The van der Waals surface area contributed by atoms with Crippen LogP contribution in [0.15, 0.2) is 97.1 Å². The number of likely N-dealkylation sites (tertiary alicyclic amines) is 1. The first-order chi connectivity index (χ1) is 20.0. The second-order valence-corrected chi connectivity index (χ2v) is 12.5. The normalized spacial score (nSPS) is 29.0. The summed E-state index contributed by atoms with van der Waals surface area (Å²) in [6, 6.07) is 22.8. The van der Waals surface area contributed by atoms with Crippen LogP contribution in [0, 0.1) is 11.8 Å². The van der Waals surface area contributed by atoms with E-state index in [1.165, 1.54) is 0 Å². The Labute approximate surface area is 243 Å². The number of fused-ring (bicyclic) bond motifs is 3. The van der Waals surface area contributed by atoms with Crippen molar-refractivity contribution in [3.8, 4) is 0 Å². The lowest BCUT2D eigenvalue weighted by molar-refractivity contribution is -0.138. The van der Waals surface area contributed by atoms with Crippen molar-refractivity contribution in [1.82, 2.24) is 4.90 Å². The third kappa shape index (κ3) is 4.03. The van der Waals surface area contributed by atoms with Gasteiger partial charge in [0.15, 0.2) is 0 Å². The van der Waals surface area contributed by atoms with Gasteiger partial charge in [-0.1, -0.05) is 72.8 Å². The van der Waals surface area contributed by atoms with Gasteiger partial charge in [-0.05, 0) is 41.5 Å². The average Bonchev–Trinajstić information content (AvgIpc) is 3.30. The number of carbonyl (C=O) groups is 3. The monoisotopic (exact) mass is 565 g/mol. The summed E-state index contributed by atoms with van der Waals surface area (Å²) in [4.78, 5) is 48.3. The standard InChI is InChI=1S/C33H31N3O4S/c37-20-8-19-36-29-32(40)35(25-15-14-22-9-4-5-10-23(22)21-25)18-7-16-33(29)28(31(36)39)27-26(41-33)13-6-17-34(30(27)38)24-11-2-1-3-12-24/h1-7,9-16,21,26-29,37H,8,17-20H2/t26-,27+,28+,29?,33+/m1/s1. The third-order valence-corrected chi connectivity index (χ3v) is 10.6. The van der Waals surface area contributed by atoms with E-state index < -0.39 is 22.6 Å². The molecule has 4 aliphatic rings. The van der Waals surface area contributed by atoms with Crippen molar-refractivity contribution in [3.63, 3.8) is 0 Å². The molecule has 0 saturated carbocycles. The van der Waals surface area contributed by atoms with E-state index in [1.54, 1.807) is 26.5 Å². The minimum absolute atomic E-state index is 0.0881. The summed E-state index contributed by atoms with van der Waals surface area (Å²) in [6.45, 7) is 0.982. The van der Waals surface area contributed by atoms with Crippen LogP contribution < -0.4 is 9.80 Å². The van der Waals surface area contributed by atoms with Crippen LogP contribution in [0.3, 0.4) is 0 Å². The number of thioether (sulfide) groups is 1. The molecule has 3 amide bonds. The summed E-state index contributed by atoms with van der Waals surface area (Å²) < 4.78 is -0.885. The zero-order valence-electron chi connectivity index (χ0n) is 22.5. The largest absolute Gasteiger partial charge is 0.396 e. The van der Waals surface area contributed by atoms with Crippen LogP contribution in [0.2, 0.25) is 0 Å². The molecule has 7 rings (SSSR count). The summed E-state index contributed by atoms with van der Waals surface area (Å²) in [5.74, 6) is -1.71. The highest BCUT2D eigenvalue weighted by molar-refractivity contribution is 8.02. The predicted octanol–water partition coefficient (Wildman–Crippen LogP) is 4.03. The summed E-state index contributed by atoms with van der Waals surface area (Å²) in [5.41, 5.74) is 1.57. The van der Waals surface area contributed by atoms with Crippen molar-refractivity contribution in [2.24, 2.45) is 11.8 Å². The Kier molecular flexibility index (Phi) is 6.47. The maximum atomic E-state index is 14.6. The Balaban J connectivity index is 1.31. The van der Waals surface area contributed by atoms with E-state index in [1.807, 2.05) is 91.0 Å². The van der Waals surface area contributed by atoms with Crippen LogP contribution in [0.1, 0.15) is 6.42 Å². The van der Waals surface area contributed by atoms with E-state index in [4.69, 9.17) is 0 Å². The summed E-state index contributed by atoms with van der Waals surface area (Å²) in [6.07, 6.45) is 8.44. The number of para-hydroxylation sites is 1. The molecule has 4 heterocycles. The van der Waals surface area contributed by atoms with Crippen molar-refractivity contribution >= 4 is 51.6 Å². The number of amides is 3. The highest BCUT2D eigenvalue weighted by Gasteiger charge is 2.71. The molecule has 0 bridgehead atoms. The lowest BCUT2D eigenvalue weighted by Crippen LogP contribution is -2.53. The zero-order valence-corrected chi connectivity index (χ0v) is 23.3. The van der Waals surface area contributed by atoms with Gasteiger partial charge in [0.25, 0.3) is 5.91 Å². The van der Waals surface area contributed by atoms with Gasteiger partial charge in [0.1, 0.15) is 6.04 Å². The van der Waals surface area contributed by atoms with Crippen molar-refractivity contribution < 1.29 is 19.5 Å². The van der Waals surface area contributed by atoms with Gasteiger partial charge in [-0.25, -0.2) is 0 Å². The van der Waals surface area contributed by atoms with Gasteiger partial charge in [-0.3, -0.25) is 14.4 Å². The summed E-state index contributed by atoms with van der Waals surface area (Å²) in [7, 11) is 0. The van der Waals surface area contributed by atoms with Gasteiger partial charge in [0.2, 0.25) is 11.8 Å². The number of aliphatic hydroxyl groups excluding tert-OH is 1. The fraction of sp³-hybridized carbons (Fsp3) is 0.303. The molecule has 1 spiro atoms. The molecule has 7 nitrogen and oxygen atoms in total. The molecular weight excluding hydrogens is 534 g/mol. The predicted molar refractivity (Wildman–Crippen MR) is 162 cm³/mol. The van der Waals surface area contributed by atoms with E-state index in [2.05, 4.69) is 6.08 Å². The molecule has 2 saturated heterocycles. The third-order valence-electron chi connectivity index (χ3n) is 8.83. The van der Waals surface area contributed by atoms with Gasteiger partial charge in [0.05, 0.1) is 16.6 Å². The lowest BCUT2D eigenvalue weighted by atomic mass is 9.78. The fourth-order valence-electron chi connectivity index (χ4n) is 7.03. The van der Waals surface area contributed by atoms with Crippen LogP contribution in [0.4, 0.5) is 11.4 Å². The molecule has 41 heavy (non-hydrogen) atoms. The van der Waals surface area contributed by atoms with Crippen LogP contribution >= 0.6 is 11.8 Å². The highest BCUT2D eigenvalue weighted by atomic mass is 32.2. The number of hydrogen-bond acceptors (Lipinski definition) is 5. The molecule has 2 fully saturated rings. The van der Waals surface area contributed by atoms with Crippen molar-refractivity contribution in [3.05, 3.63) is 97.1 Å². The number of aliphatic hydroxyl groups is 1. The first-order valence-electron chi connectivity index (χ1n) is 14.1. The Morgan fingerprint density at radius 2 is 1.54 bits per heavy atom. The number of carbonyl (C=O) groups excluding carboxylic acids is 3. The summed E-state index contributed by atoms with van der Waals surface area (Å²) in [5, 5.41) is 11.6. The fourth-order valence-corrected chi connectivity index (χ4v) is 9.04. The number of rotatable bonds is 5. The molecule has 5 atom stereocenters. The number of anilines is 2. The first-order valence-corrected chi connectivity index (χ1v) is 15.0. The van der Waals surface area contributed by atoms with Gasteiger partial charge < -0.3 is 19.8 Å². The van der Waals surface area contributed by atoms with E-state index in [0.29, 0.717) is 19.5 Å². The Morgan fingerprint density at radius 1 is 0.805 bits per heavy atom. The molecule has 4 aliphatic heterocycles. The van der Waals surface area contributed by atoms with Crippen molar-refractivity contribution in [1.29, 1.82) is 0 Å². The smallest absolute Gasteiger partial charge is 0.251 e. The Morgan fingerprint density at radius 3 is 2.34 bits per heavy atom. The van der Waals surface area contributed by atoms with Gasteiger partial charge >= 0.3 is 0 Å². The quantitative estimate of drug-likeness (QED) is 0.473. The van der Waals surface area contributed by atoms with E-state index in [9.17, 15) is 19.5 Å². The number of nitrogens with zero attached hydrogens (tertiary/aromatic N) is 3. The molecule has 0 aliphatic carbocycles. The topological polar surface area (TPSA) is 81.2 Å². The van der Waals surface area contributed by atoms with Gasteiger partial charge in [-0.2, -0.15) is 0 Å². The highest BCUT2D eigenvalue weighted by Crippen LogP contribution is 2.61. The van der Waals surface area contributed by atoms with Crippen LogP contribution in [-0.2, 0) is 14.4 Å². The van der Waals surface area contributed by atoms with Gasteiger partial charge in [-0.15, -0.1) is 11.8 Å². The molecule has 8 heteroatoms. The molecule has 3 aromatic carbocycles. The summed E-state index contributed by atoms with van der Waals surface area (Å²) >= 11 is 1.58. The molecule has 0 aromatic heterocycles. The average molecular weight is 566 g/mol. The molecule has 1 N–H and O–H groups in total. The maximum absolute atomic E-state index is 14.6. The van der Waals surface area contributed by atoms with E-state index in [-0.39, 0.29) is 36.1 Å². The minimum atomic E-state index is -0.885. The zero-order chi connectivity index (χ0) is 28.1. The van der Waals surface area contributed by atoms with Crippen LogP contribution in [0.5, 0.6) is 0 Å². The van der Waals surface area contributed by atoms with E-state index >= 15 is 0 Å². The van der Waals surface area contributed by atoms with Crippen LogP contribution in [0.25, 0.3) is 10.8 Å². The Hall–Kier alpha value is -3.88. The van der Waals surface area contributed by atoms with Gasteiger partial charge in [0, 0.05) is 42.9 Å². The first kappa shape index (κ1) is 26.0.